The van der Waals surface area contributed by atoms with Crippen LogP contribution < -0.4 is 4.74 Å². The second kappa shape index (κ2) is 8.59. The van der Waals surface area contributed by atoms with Gasteiger partial charge in [0, 0.05) is 35.3 Å². The number of H-pyrrole nitrogens is 1. The molecule has 0 aliphatic carbocycles. The number of hydrogen-bond donors (Lipinski definition) is 3. The Morgan fingerprint density at radius 3 is 2.70 bits per heavy atom. The van der Waals surface area contributed by atoms with Gasteiger partial charge in [0.15, 0.2) is 0 Å². The predicted molar refractivity (Wildman–Crippen MR) is 111 cm³/mol. The van der Waals surface area contributed by atoms with E-state index >= 15 is 0 Å². The molecule has 0 bridgehead atoms. The maximum atomic E-state index is 12.1. The molecule has 4 rings (SSSR count). The molecule has 3 N–H and O–H groups in total. The van der Waals surface area contributed by atoms with Gasteiger partial charge < -0.3 is 19.9 Å². The minimum Gasteiger partial charge on any atom is -0.489 e. The van der Waals surface area contributed by atoms with Gasteiger partial charge in [0.25, 0.3) is 0 Å². The Bertz CT molecular complexity index is 1050. The normalized spacial score (nSPS) is 18.2. The molecule has 0 saturated carbocycles. The van der Waals surface area contributed by atoms with E-state index < -0.39 is 23.9 Å². The van der Waals surface area contributed by atoms with Crippen molar-refractivity contribution in [2.24, 2.45) is 5.92 Å². The summed E-state index contributed by atoms with van der Waals surface area (Å²) >= 11 is 0. The van der Waals surface area contributed by atoms with E-state index in [9.17, 15) is 19.8 Å². The van der Waals surface area contributed by atoms with Crippen molar-refractivity contribution in [3.8, 4) is 5.75 Å². The number of ether oxygens (including phenoxy) is 1. The summed E-state index contributed by atoms with van der Waals surface area (Å²) in [6, 6.07) is 14.5. The van der Waals surface area contributed by atoms with Crippen molar-refractivity contribution in [1.82, 2.24) is 9.88 Å². The van der Waals surface area contributed by atoms with E-state index in [1.807, 2.05) is 48.5 Å². The summed E-state index contributed by atoms with van der Waals surface area (Å²) in [5.41, 5.74) is 2.49. The van der Waals surface area contributed by atoms with Crippen LogP contribution in [0.2, 0.25) is 0 Å². The zero-order valence-corrected chi connectivity index (χ0v) is 16.5. The molecule has 1 aromatic heterocycles. The predicted octanol–water partition coefficient (Wildman–Crippen LogP) is 3.67. The largest absolute Gasteiger partial charge is 0.489 e. The molecule has 2 heterocycles. The smallest absolute Gasteiger partial charge is 0.325 e. The van der Waals surface area contributed by atoms with Crippen molar-refractivity contribution in [3.63, 3.8) is 0 Å². The Labute approximate surface area is 173 Å². The number of fused-ring (bicyclic) bond motifs is 1. The summed E-state index contributed by atoms with van der Waals surface area (Å²) in [5.74, 6) is -1.70. The lowest BCUT2D eigenvalue weighted by Gasteiger charge is -2.34. The maximum absolute atomic E-state index is 12.1. The first-order valence-corrected chi connectivity index (χ1v) is 10.0. The van der Waals surface area contributed by atoms with Crippen LogP contribution in [0.15, 0.2) is 54.7 Å². The Morgan fingerprint density at radius 2 is 1.97 bits per heavy atom. The lowest BCUT2D eigenvalue weighted by molar-refractivity contribution is -0.149. The molecule has 1 aliphatic rings. The molecule has 7 nitrogen and oxygen atoms in total. The van der Waals surface area contributed by atoms with Gasteiger partial charge in [-0.05, 0) is 37.1 Å². The van der Waals surface area contributed by atoms with Crippen molar-refractivity contribution in [2.75, 3.05) is 13.1 Å². The zero-order valence-electron chi connectivity index (χ0n) is 16.5. The van der Waals surface area contributed by atoms with E-state index in [4.69, 9.17) is 4.74 Å². The van der Waals surface area contributed by atoms with Crippen LogP contribution in [0.5, 0.6) is 5.75 Å². The lowest BCUT2D eigenvalue weighted by atomic mass is 9.94. The minimum atomic E-state index is -0.980. The molecule has 1 fully saturated rings. The number of piperidine rings is 1. The molecule has 1 saturated heterocycles. The number of nitrogens with one attached hydrogen (secondary N) is 1. The van der Waals surface area contributed by atoms with E-state index in [0.717, 1.165) is 16.5 Å². The summed E-state index contributed by atoms with van der Waals surface area (Å²) in [6.45, 7) is 1.24. The fraction of sp³-hybridized carbons (Fsp3) is 0.304. The fourth-order valence-corrected chi connectivity index (χ4v) is 4.11. The van der Waals surface area contributed by atoms with E-state index in [1.54, 1.807) is 11.1 Å². The number of aromatic nitrogens is 1. The first kappa shape index (κ1) is 20.0. The molecule has 30 heavy (non-hydrogen) atoms. The highest BCUT2D eigenvalue weighted by atomic mass is 16.5. The highest BCUT2D eigenvalue weighted by molar-refractivity contribution is 5.90. The van der Waals surface area contributed by atoms with E-state index in [1.165, 1.54) is 0 Å². The SMILES string of the molecule is O=C(O)[C@@H]1CCCN([C@H](C(=O)O)c2c[nH]c3cc(OCc4ccccc4)ccc23)C1. The van der Waals surface area contributed by atoms with Crippen LogP contribution in [0.1, 0.15) is 30.0 Å². The number of hydrogen-bond acceptors (Lipinski definition) is 4. The number of carbonyl (C=O) groups is 2. The van der Waals surface area contributed by atoms with Gasteiger partial charge in [-0.2, -0.15) is 0 Å². The summed E-state index contributed by atoms with van der Waals surface area (Å²) in [4.78, 5) is 28.4. The summed E-state index contributed by atoms with van der Waals surface area (Å²) in [5, 5.41) is 20.1. The Balaban J connectivity index is 1.56. The third-order valence-corrected chi connectivity index (χ3v) is 5.63. The van der Waals surface area contributed by atoms with Crippen LogP contribution in [0, 0.1) is 5.92 Å². The molecule has 156 valence electrons. The molecule has 3 aromatic rings. The molecule has 0 spiro atoms. The van der Waals surface area contributed by atoms with E-state index in [2.05, 4.69) is 4.98 Å². The molecular weight excluding hydrogens is 384 g/mol. The third-order valence-electron chi connectivity index (χ3n) is 5.63. The van der Waals surface area contributed by atoms with Gasteiger partial charge >= 0.3 is 11.9 Å². The van der Waals surface area contributed by atoms with E-state index in [-0.39, 0.29) is 6.54 Å². The van der Waals surface area contributed by atoms with E-state index in [0.29, 0.717) is 37.3 Å². The molecule has 7 heteroatoms. The van der Waals surface area contributed by atoms with Crippen molar-refractivity contribution in [1.29, 1.82) is 0 Å². The quantitative estimate of drug-likeness (QED) is 0.551. The number of likely N-dealkylation sites (tertiary alicyclic amines) is 1. The second-order valence-corrected chi connectivity index (χ2v) is 7.64. The molecule has 0 radical (unpaired) electrons. The molecule has 0 amide bonds. The molecular formula is C23H24N2O5. The van der Waals surface area contributed by atoms with Gasteiger partial charge in [0.05, 0.1) is 5.92 Å². The molecule has 2 atom stereocenters. The molecule has 1 aliphatic heterocycles. The Kier molecular flexibility index (Phi) is 5.72. The Morgan fingerprint density at radius 1 is 1.17 bits per heavy atom. The van der Waals surface area contributed by atoms with Crippen molar-refractivity contribution in [2.45, 2.75) is 25.5 Å². The minimum absolute atomic E-state index is 0.233. The second-order valence-electron chi connectivity index (χ2n) is 7.64. The first-order valence-electron chi connectivity index (χ1n) is 10.0. The first-order chi connectivity index (χ1) is 14.5. The third kappa shape index (κ3) is 4.16. The standard InChI is InChI=1S/C23H24N2O5/c26-22(27)16-7-4-10-25(13-16)21(23(28)29)19-12-24-20-11-17(8-9-18(19)20)30-14-15-5-2-1-3-6-15/h1-3,5-6,8-9,11-12,16,21,24H,4,7,10,13-14H2,(H,26,27)(H,28,29)/t16-,21+/m1/s1. The van der Waals surface area contributed by atoms with Crippen LogP contribution in [-0.4, -0.2) is 45.1 Å². The number of carboxylic acid groups (broad SMARTS) is 2. The monoisotopic (exact) mass is 408 g/mol. The maximum Gasteiger partial charge on any atom is 0.325 e. The average molecular weight is 408 g/mol. The number of aromatic amines is 1. The van der Waals surface area contributed by atoms with Gasteiger partial charge in [-0.3, -0.25) is 14.5 Å². The van der Waals surface area contributed by atoms with Gasteiger partial charge in [-0.25, -0.2) is 0 Å². The van der Waals surface area contributed by atoms with Crippen molar-refractivity contribution in [3.05, 3.63) is 65.9 Å². The van der Waals surface area contributed by atoms with Crippen LogP contribution in [0.4, 0.5) is 0 Å². The van der Waals surface area contributed by atoms with Gasteiger partial charge in [-0.1, -0.05) is 30.3 Å². The average Bonchev–Trinajstić information content (AvgIpc) is 3.16. The van der Waals surface area contributed by atoms with Gasteiger partial charge in [0.1, 0.15) is 18.4 Å². The number of aliphatic carboxylic acids is 2. The zero-order chi connectivity index (χ0) is 21.1. The number of rotatable bonds is 7. The number of nitrogens with zero attached hydrogens (tertiary/aromatic N) is 1. The van der Waals surface area contributed by atoms with Crippen molar-refractivity contribution >= 4 is 22.8 Å². The van der Waals surface area contributed by atoms with Crippen molar-refractivity contribution < 1.29 is 24.5 Å². The highest BCUT2D eigenvalue weighted by Gasteiger charge is 2.35. The Hall–Kier alpha value is -3.32. The lowest BCUT2D eigenvalue weighted by Crippen LogP contribution is -2.43. The number of carboxylic acids is 2. The van der Waals surface area contributed by atoms with Gasteiger partial charge in [-0.15, -0.1) is 0 Å². The van der Waals surface area contributed by atoms with Crippen LogP contribution >= 0.6 is 0 Å². The summed E-state index contributed by atoms with van der Waals surface area (Å²) in [6.07, 6.45) is 2.95. The van der Waals surface area contributed by atoms with Gasteiger partial charge in [0.2, 0.25) is 0 Å². The summed E-state index contributed by atoms with van der Waals surface area (Å²) in [7, 11) is 0. The van der Waals surface area contributed by atoms with Crippen LogP contribution in [-0.2, 0) is 16.2 Å². The van der Waals surface area contributed by atoms with Crippen LogP contribution in [0.25, 0.3) is 10.9 Å². The fourth-order valence-electron chi connectivity index (χ4n) is 4.11. The van der Waals surface area contributed by atoms with Crippen LogP contribution in [0.3, 0.4) is 0 Å². The highest BCUT2D eigenvalue weighted by Crippen LogP contribution is 2.33. The molecule has 2 aromatic carbocycles. The topological polar surface area (TPSA) is 103 Å². The summed E-state index contributed by atoms with van der Waals surface area (Å²) < 4.78 is 5.86. The number of benzene rings is 2. The molecule has 0 unspecified atom stereocenters.